The molecule has 2 aliphatic rings. The number of likely N-dealkylation sites (tertiary alicyclic amines) is 1. The van der Waals surface area contributed by atoms with Crippen molar-refractivity contribution in [2.24, 2.45) is 5.41 Å². The van der Waals surface area contributed by atoms with Gasteiger partial charge in [-0.25, -0.2) is 0 Å². The maximum atomic E-state index is 5.82. The number of benzene rings is 1. The lowest BCUT2D eigenvalue weighted by molar-refractivity contribution is 0.0531. The number of rotatable bonds is 5. The molecule has 2 heterocycles. The van der Waals surface area contributed by atoms with E-state index in [9.17, 15) is 0 Å². The molecule has 2 aliphatic heterocycles. The topological polar surface area (TPSA) is 24.5 Å². The van der Waals surface area contributed by atoms with Gasteiger partial charge in [0.2, 0.25) is 0 Å². The lowest BCUT2D eigenvalue weighted by Crippen LogP contribution is -2.45. The van der Waals surface area contributed by atoms with Crippen molar-refractivity contribution in [3.05, 3.63) is 35.9 Å². The van der Waals surface area contributed by atoms with Crippen LogP contribution in [0.15, 0.2) is 30.3 Å². The zero-order valence-corrected chi connectivity index (χ0v) is 12.3. The van der Waals surface area contributed by atoms with Crippen molar-refractivity contribution in [2.45, 2.75) is 25.9 Å². The highest BCUT2D eigenvalue weighted by molar-refractivity contribution is 5.13. The average Bonchev–Trinajstić information content (AvgIpc) is 2.93. The molecule has 0 unspecified atom stereocenters. The van der Waals surface area contributed by atoms with Gasteiger partial charge >= 0.3 is 0 Å². The van der Waals surface area contributed by atoms with Gasteiger partial charge < -0.3 is 15.0 Å². The van der Waals surface area contributed by atoms with Gasteiger partial charge in [-0.05, 0) is 43.3 Å². The van der Waals surface area contributed by atoms with E-state index >= 15 is 0 Å². The van der Waals surface area contributed by atoms with Crippen molar-refractivity contribution >= 4 is 0 Å². The minimum Gasteiger partial charge on any atom is -0.375 e. The van der Waals surface area contributed by atoms with Crippen LogP contribution in [0, 0.1) is 5.41 Å². The van der Waals surface area contributed by atoms with Crippen molar-refractivity contribution in [3.63, 3.8) is 0 Å². The molecule has 3 nitrogen and oxygen atoms in total. The molecule has 2 saturated heterocycles. The second-order valence-electron chi connectivity index (χ2n) is 6.34. The third-order valence-electron chi connectivity index (χ3n) is 4.74. The Morgan fingerprint density at radius 3 is 2.90 bits per heavy atom. The lowest BCUT2D eigenvalue weighted by atomic mass is 9.79. The van der Waals surface area contributed by atoms with E-state index in [-0.39, 0.29) is 0 Å². The van der Waals surface area contributed by atoms with Crippen molar-refractivity contribution in [1.82, 2.24) is 10.2 Å². The molecule has 0 bridgehead atoms. The summed E-state index contributed by atoms with van der Waals surface area (Å²) in [6, 6.07) is 10.4. The second kappa shape index (κ2) is 6.70. The monoisotopic (exact) mass is 274 g/mol. The van der Waals surface area contributed by atoms with Gasteiger partial charge in [-0.2, -0.15) is 0 Å². The standard InChI is InChI=1S/C17H26N2O/c1-2-5-16(6-3-1)13-20-12-11-19-10-4-7-17(15-19)8-9-18-14-17/h1-3,5-6,18H,4,7-15H2/t17-/m0/s1. The van der Waals surface area contributed by atoms with E-state index in [1.165, 1.54) is 51.0 Å². The van der Waals surface area contributed by atoms with Gasteiger partial charge in [-0.15, -0.1) is 0 Å². The SMILES string of the molecule is c1ccc(COCCN2CCC[C@@]3(CCNC3)C2)cc1. The summed E-state index contributed by atoms with van der Waals surface area (Å²) in [5.74, 6) is 0. The quantitative estimate of drug-likeness (QED) is 0.834. The van der Waals surface area contributed by atoms with Crippen LogP contribution in [0.3, 0.4) is 0 Å². The minimum atomic E-state index is 0.567. The summed E-state index contributed by atoms with van der Waals surface area (Å²) in [6.07, 6.45) is 4.11. The van der Waals surface area contributed by atoms with Crippen LogP contribution in [-0.4, -0.2) is 44.2 Å². The molecule has 110 valence electrons. The van der Waals surface area contributed by atoms with Crippen LogP contribution in [-0.2, 0) is 11.3 Å². The number of hydrogen-bond donors (Lipinski definition) is 1. The highest BCUT2D eigenvalue weighted by atomic mass is 16.5. The maximum Gasteiger partial charge on any atom is 0.0717 e. The maximum absolute atomic E-state index is 5.82. The molecule has 0 aromatic heterocycles. The van der Waals surface area contributed by atoms with Crippen LogP contribution in [0.2, 0.25) is 0 Å². The van der Waals surface area contributed by atoms with Gasteiger partial charge in [0.05, 0.1) is 13.2 Å². The van der Waals surface area contributed by atoms with Gasteiger partial charge in [0, 0.05) is 19.6 Å². The van der Waals surface area contributed by atoms with Crippen LogP contribution in [0.1, 0.15) is 24.8 Å². The summed E-state index contributed by atoms with van der Waals surface area (Å²) in [5.41, 5.74) is 1.83. The first-order valence-electron chi connectivity index (χ1n) is 7.91. The summed E-state index contributed by atoms with van der Waals surface area (Å²) < 4.78 is 5.82. The Labute approximate surface area is 122 Å². The summed E-state index contributed by atoms with van der Waals surface area (Å²) >= 11 is 0. The first kappa shape index (κ1) is 14.1. The molecule has 3 heteroatoms. The number of nitrogens with zero attached hydrogens (tertiary/aromatic N) is 1. The van der Waals surface area contributed by atoms with E-state index < -0.39 is 0 Å². The molecular formula is C17H26N2O. The van der Waals surface area contributed by atoms with E-state index in [1.807, 2.05) is 6.07 Å². The Bertz CT molecular complexity index is 401. The van der Waals surface area contributed by atoms with Crippen LogP contribution in [0.5, 0.6) is 0 Å². The largest absolute Gasteiger partial charge is 0.375 e. The van der Waals surface area contributed by atoms with Crippen molar-refractivity contribution in [2.75, 3.05) is 39.3 Å². The molecule has 0 aliphatic carbocycles. The highest BCUT2D eigenvalue weighted by Gasteiger charge is 2.37. The molecule has 20 heavy (non-hydrogen) atoms. The first-order valence-corrected chi connectivity index (χ1v) is 7.91. The first-order chi connectivity index (χ1) is 9.86. The van der Waals surface area contributed by atoms with E-state index in [0.29, 0.717) is 5.41 Å². The highest BCUT2D eigenvalue weighted by Crippen LogP contribution is 2.35. The Morgan fingerprint density at radius 2 is 2.10 bits per heavy atom. The van der Waals surface area contributed by atoms with E-state index in [0.717, 1.165) is 19.8 Å². The van der Waals surface area contributed by atoms with Crippen LogP contribution in [0.4, 0.5) is 0 Å². The summed E-state index contributed by atoms with van der Waals surface area (Å²) in [7, 11) is 0. The third-order valence-corrected chi connectivity index (χ3v) is 4.74. The van der Waals surface area contributed by atoms with Crippen LogP contribution < -0.4 is 5.32 Å². The van der Waals surface area contributed by atoms with Crippen molar-refractivity contribution in [1.29, 1.82) is 0 Å². The molecule has 1 atom stereocenters. The Kier molecular flexibility index (Phi) is 4.71. The van der Waals surface area contributed by atoms with Gasteiger partial charge in [0.15, 0.2) is 0 Å². The molecule has 3 rings (SSSR count). The number of ether oxygens (including phenoxy) is 1. The summed E-state index contributed by atoms with van der Waals surface area (Å²) in [5, 5.41) is 3.53. The Morgan fingerprint density at radius 1 is 1.20 bits per heavy atom. The van der Waals surface area contributed by atoms with Gasteiger partial charge in [0.1, 0.15) is 0 Å². The Balaban J connectivity index is 1.38. The average molecular weight is 274 g/mol. The lowest BCUT2D eigenvalue weighted by Gasteiger charge is -2.40. The number of hydrogen-bond acceptors (Lipinski definition) is 3. The molecule has 1 aromatic rings. The molecule has 0 radical (unpaired) electrons. The van der Waals surface area contributed by atoms with Crippen LogP contribution in [0.25, 0.3) is 0 Å². The van der Waals surface area contributed by atoms with Crippen LogP contribution >= 0.6 is 0 Å². The predicted octanol–water partition coefficient (Wildman–Crippen LogP) is 2.28. The van der Waals surface area contributed by atoms with Crippen molar-refractivity contribution < 1.29 is 4.74 Å². The number of piperidine rings is 1. The molecule has 1 N–H and O–H groups in total. The predicted molar refractivity (Wildman–Crippen MR) is 81.7 cm³/mol. The van der Waals surface area contributed by atoms with Crippen molar-refractivity contribution in [3.8, 4) is 0 Å². The zero-order valence-electron chi connectivity index (χ0n) is 12.3. The third kappa shape index (κ3) is 3.60. The molecule has 1 aromatic carbocycles. The molecule has 1 spiro atoms. The molecular weight excluding hydrogens is 248 g/mol. The van der Waals surface area contributed by atoms with Gasteiger partial charge in [0.25, 0.3) is 0 Å². The fourth-order valence-corrected chi connectivity index (χ4v) is 3.60. The van der Waals surface area contributed by atoms with Gasteiger partial charge in [-0.1, -0.05) is 30.3 Å². The van der Waals surface area contributed by atoms with E-state index in [1.54, 1.807) is 0 Å². The smallest absolute Gasteiger partial charge is 0.0717 e. The Hall–Kier alpha value is -0.900. The summed E-state index contributed by atoms with van der Waals surface area (Å²) in [6.45, 7) is 7.59. The number of nitrogens with one attached hydrogen (secondary N) is 1. The molecule has 2 fully saturated rings. The fraction of sp³-hybridized carbons (Fsp3) is 0.647. The second-order valence-corrected chi connectivity index (χ2v) is 6.34. The molecule has 0 amide bonds. The zero-order chi connectivity index (χ0) is 13.7. The summed E-state index contributed by atoms with van der Waals surface area (Å²) in [4.78, 5) is 2.60. The van der Waals surface area contributed by atoms with E-state index in [2.05, 4.69) is 34.5 Å². The van der Waals surface area contributed by atoms with Gasteiger partial charge in [-0.3, -0.25) is 0 Å². The van der Waals surface area contributed by atoms with E-state index in [4.69, 9.17) is 4.74 Å². The normalized spacial score (nSPS) is 27.2. The minimum absolute atomic E-state index is 0.567. The fourth-order valence-electron chi connectivity index (χ4n) is 3.60. The molecule has 0 saturated carbocycles.